The molecule has 5 heteroatoms. The van der Waals surface area contributed by atoms with Gasteiger partial charge in [0.2, 0.25) is 0 Å². The summed E-state index contributed by atoms with van der Waals surface area (Å²) in [6.45, 7) is 6.42. The van der Waals surface area contributed by atoms with E-state index >= 15 is 0 Å². The zero-order chi connectivity index (χ0) is 15.1. The number of nitrogens with one attached hydrogen (secondary N) is 1. The molecule has 1 aromatic carbocycles. The molecule has 22 heavy (non-hydrogen) atoms. The van der Waals surface area contributed by atoms with E-state index in [1.807, 2.05) is 29.2 Å². The second kappa shape index (κ2) is 9.82. The molecule has 4 nitrogen and oxygen atoms in total. The predicted octanol–water partition coefficient (Wildman–Crippen LogP) is 2.72. The SMILES string of the molecule is CCNCC1CCN(C(=O)c2ccccc2COC)CC1.Cl. The predicted molar refractivity (Wildman–Crippen MR) is 91.6 cm³/mol. The van der Waals surface area contributed by atoms with Gasteiger partial charge >= 0.3 is 0 Å². The van der Waals surface area contributed by atoms with Crippen LogP contribution in [0.5, 0.6) is 0 Å². The van der Waals surface area contributed by atoms with Crippen molar-refractivity contribution in [3.8, 4) is 0 Å². The van der Waals surface area contributed by atoms with Gasteiger partial charge in [-0.15, -0.1) is 12.4 Å². The van der Waals surface area contributed by atoms with E-state index in [9.17, 15) is 4.79 Å². The molecule has 1 fully saturated rings. The maximum Gasteiger partial charge on any atom is 0.254 e. The van der Waals surface area contributed by atoms with Gasteiger partial charge in [0.25, 0.3) is 5.91 Å². The average molecular weight is 327 g/mol. The average Bonchev–Trinajstić information content (AvgIpc) is 2.53. The minimum Gasteiger partial charge on any atom is -0.380 e. The highest BCUT2D eigenvalue weighted by atomic mass is 35.5. The zero-order valence-electron chi connectivity index (χ0n) is 13.5. The molecule has 1 saturated heterocycles. The highest BCUT2D eigenvalue weighted by molar-refractivity contribution is 5.95. The number of rotatable bonds is 6. The molecule has 1 aliphatic rings. The van der Waals surface area contributed by atoms with E-state index in [2.05, 4.69) is 12.2 Å². The van der Waals surface area contributed by atoms with E-state index in [4.69, 9.17) is 4.74 Å². The van der Waals surface area contributed by atoms with E-state index in [-0.39, 0.29) is 18.3 Å². The Morgan fingerprint density at radius 3 is 2.64 bits per heavy atom. The van der Waals surface area contributed by atoms with Gasteiger partial charge in [-0.1, -0.05) is 25.1 Å². The number of hydrogen-bond donors (Lipinski definition) is 1. The molecule has 1 aromatic rings. The van der Waals surface area contributed by atoms with E-state index in [1.165, 1.54) is 0 Å². The second-order valence-corrected chi connectivity index (χ2v) is 5.63. The molecular weight excluding hydrogens is 300 g/mol. The molecule has 0 aromatic heterocycles. The Hall–Kier alpha value is -1.10. The molecule has 2 rings (SSSR count). The maximum absolute atomic E-state index is 12.7. The Labute approximate surface area is 139 Å². The lowest BCUT2D eigenvalue weighted by Crippen LogP contribution is -2.41. The number of halogens is 1. The summed E-state index contributed by atoms with van der Waals surface area (Å²) >= 11 is 0. The molecule has 1 heterocycles. The van der Waals surface area contributed by atoms with Crippen LogP contribution in [0, 0.1) is 5.92 Å². The monoisotopic (exact) mass is 326 g/mol. The molecule has 0 bridgehead atoms. The fraction of sp³-hybridized carbons (Fsp3) is 0.588. The Kier molecular flexibility index (Phi) is 8.46. The van der Waals surface area contributed by atoms with Crippen molar-refractivity contribution in [3.05, 3.63) is 35.4 Å². The van der Waals surface area contributed by atoms with Gasteiger partial charge in [0.15, 0.2) is 0 Å². The summed E-state index contributed by atoms with van der Waals surface area (Å²) in [5.74, 6) is 0.841. The molecule has 0 aliphatic carbocycles. The number of amides is 1. The summed E-state index contributed by atoms with van der Waals surface area (Å²) in [4.78, 5) is 14.7. The lowest BCUT2D eigenvalue weighted by molar-refractivity contribution is 0.0685. The zero-order valence-corrected chi connectivity index (χ0v) is 14.3. The van der Waals surface area contributed by atoms with Gasteiger partial charge in [-0.25, -0.2) is 0 Å². The normalized spacial score (nSPS) is 15.5. The first-order chi connectivity index (χ1) is 10.3. The van der Waals surface area contributed by atoms with Crippen molar-refractivity contribution in [2.75, 3.05) is 33.3 Å². The van der Waals surface area contributed by atoms with E-state index in [0.29, 0.717) is 12.5 Å². The largest absolute Gasteiger partial charge is 0.380 e. The molecule has 0 saturated carbocycles. The quantitative estimate of drug-likeness (QED) is 0.874. The van der Waals surface area contributed by atoms with Crippen LogP contribution < -0.4 is 5.32 Å². The Morgan fingerprint density at radius 1 is 1.32 bits per heavy atom. The lowest BCUT2D eigenvalue weighted by atomic mass is 9.95. The van der Waals surface area contributed by atoms with Crippen LogP contribution in [0.1, 0.15) is 35.7 Å². The Balaban J connectivity index is 0.00000242. The third-order valence-electron chi connectivity index (χ3n) is 4.13. The number of ether oxygens (including phenoxy) is 1. The fourth-order valence-electron chi connectivity index (χ4n) is 2.87. The topological polar surface area (TPSA) is 41.6 Å². The minimum atomic E-state index is 0. The Bertz CT molecular complexity index is 460. The van der Waals surface area contributed by atoms with Crippen LogP contribution in [0.25, 0.3) is 0 Å². The summed E-state index contributed by atoms with van der Waals surface area (Å²) in [5, 5.41) is 3.40. The molecule has 1 amide bonds. The van der Waals surface area contributed by atoms with Crippen LogP contribution >= 0.6 is 12.4 Å². The fourth-order valence-corrected chi connectivity index (χ4v) is 2.87. The van der Waals surface area contributed by atoms with Crippen molar-refractivity contribution in [2.45, 2.75) is 26.4 Å². The number of carbonyl (C=O) groups excluding carboxylic acids is 1. The number of hydrogen-bond acceptors (Lipinski definition) is 3. The summed E-state index contributed by atoms with van der Waals surface area (Å²) in [6.07, 6.45) is 2.18. The number of nitrogens with zero attached hydrogens (tertiary/aromatic N) is 1. The standard InChI is InChI=1S/C17H26N2O2.ClH/c1-3-18-12-14-8-10-19(11-9-14)17(20)16-7-5-4-6-15(16)13-21-2;/h4-7,14,18H,3,8-13H2,1-2H3;1H. The summed E-state index contributed by atoms with van der Waals surface area (Å²) in [6, 6.07) is 7.74. The van der Waals surface area contributed by atoms with Crippen LogP contribution in [-0.4, -0.2) is 44.1 Å². The van der Waals surface area contributed by atoms with Crippen molar-refractivity contribution in [3.63, 3.8) is 0 Å². The van der Waals surface area contributed by atoms with Gasteiger partial charge in [0.05, 0.1) is 6.61 Å². The van der Waals surface area contributed by atoms with Gasteiger partial charge in [0.1, 0.15) is 0 Å². The summed E-state index contributed by atoms with van der Waals surface area (Å²) in [7, 11) is 1.66. The first-order valence-corrected chi connectivity index (χ1v) is 7.83. The first kappa shape index (κ1) is 18.9. The molecule has 0 unspecified atom stereocenters. The van der Waals surface area contributed by atoms with Crippen molar-refractivity contribution in [1.29, 1.82) is 0 Å². The minimum absolute atomic E-state index is 0. The molecule has 0 atom stereocenters. The van der Waals surface area contributed by atoms with E-state index in [0.717, 1.165) is 50.1 Å². The number of likely N-dealkylation sites (tertiary alicyclic amines) is 1. The highest BCUT2D eigenvalue weighted by Crippen LogP contribution is 2.20. The molecule has 1 aliphatic heterocycles. The summed E-state index contributed by atoms with van der Waals surface area (Å²) < 4.78 is 5.19. The highest BCUT2D eigenvalue weighted by Gasteiger charge is 2.24. The third-order valence-corrected chi connectivity index (χ3v) is 4.13. The van der Waals surface area contributed by atoms with Crippen molar-refractivity contribution < 1.29 is 9.53 Å². The van der Waals surface area contributed by atoms with Crippen LogP contribution in [0.4, 0.5) is 0 Å². The van der Waals surface area contributed by atoms with E-state index in [1.54, 1.807) is 7.11 Å². The van der Waals surface area contributed by atoms with Crippen LogP contribution in [0.15, 0.2) is 24.3 Å². The molecule has 0 spiro atoms. The molecule has 0 radical (unpaired) electrons. The van der Waals surface area contributed by atoms with Gasteiger partial charge in [-0.3, -0.25) is 4.79 Å². The molecule has 124 valence electrons. The number of methoxy groups -OCH3 is 1. The summed E-state index contributed by atoms with van der Waals surface area (Å²) in [5.41, 5.74) is 1.75. The first-order valence-electron chi connectivity index (χ1n) is 7.83. The van der Waals surface area contributed by atoms with Gasteiger partial charge in [-0.05, 0) is 43.5 Å². The third kappa shape index (κ3) is 4.97. The smallest absolute Gasteiger partial charge is 0.254 e. The maximum atomic E-state index is 12.7. The Morgan fingerprint density at radius 2 is 2.00 bits per heavy atom. The van der Waals surface area contributed by atoms with Crippen molar-refractivity contribution in [2.24, 2.45) is 5.92 Å². The van der Waals surface area contributed by atoms with Crippen molar-refractivity contribution >= 4 is 18.3 Å². The number of benzene rings is 1. The van der Waals surface area contributed by atoms with Crippen LogP contribution in [0.3, 0.4) is 0 Å². The number of carbonyl (C=O) groups is 1. The van der Waals surface area contributed by atoms with Crippen LogP contribution in [0.2, 0.25) is 0 Å². The second-order valence-electron chi connectivity index (χ2n) is 5.63. The number of piperidine rings is 1. The van der Waals surface area contributed by atoms with Gasteiger partial charge in [0, 0.05) is 25.8 Å². The van der Waals surface area contributed by atoms with Gasteiger partial charge < -0.3 is 15.0 Å². The van der Waals surface area contributed by atoms with Gasteiger partial charge in [-0.2, -0.15) is 0 Å². The molecule has 1 N–H and O–H groups in total. The lowest BCUT2D eigenvalue weighted by Gasteiger charge is -2.32. The van der Waals surface area contributed by atoms with E-state index < -0.39 is 0 Å². The molecular formula is C17H27ClN2O2. The van der Waals surface area contributed by atoms with Crippen molar-refractivity contribution in [1.82, 2.24) is 10.2 Å². The van der Waals surface area contributed by atoms with Crippen LogP contribution in [-0.2, 0) is 11.3 Å².